The van der Waals surface area contributed by atoms with E-state index < -0.39 is 15.1 Å². The third-order valence-corrected chi connectivity index (χ3v) is 7.01. The molecule has 2 N–H and O–H groups in total. The predicted molar refractivity (Wildman–Crippen MR) is 127 cm³/mol. The first-order valence-corrected chi connectivity index (χ1v) is 11.7. The third-order valence-electron chi connectivity index (χ3n) is 4.83. The molecule has 1 amide bonds. The maximum absolute atomic E-state index is 12.4. The van der Waals surface area contributed by atoms with Crippen LogP contribution in [0.15, 0.2) is 65.7 Å². The summed E-state index contributed by atoms with van der Waals surface area (Å²) in [5.41, 5.74) is 3.15. The Morgan fingerprint density at radius 3 is 2.22 bits per heavy atom. The highest BCUT2D eigenvalue weighted by molar-refractivity contribution is 7.92. The summed E-state index contributed by atoms with van der Waals surface area (Å²) in [5.74, 6) is 0.436. The highest BCUT2D eigenvalue weighted by atomic mass is 32.2. The van der Waals surface area contributed by atoms with Crippen molar-refractivity contribution in [2.45, 2.75) is 30.4 Å². The Bertz CT molecular complexity index is 1180. The van der Waals surface area contributed by atoms with Crippen LogP contribution in [0.5, 0.6) is 0 Å². The minimum atomic E-state index is -3.32. The zero-order chi connectivity index (χ0) is 23.3. The van der Waals surface area contributed by atoms with E-state index in [0.717, 1.165) is 16.9 Å². The molecule has 3 rings (SSSR count). The van der Waals surface area contributed by atoms with Crippen LogP contribution in [0.4, 0.5) is 22.9 Å². The van der Waals surface area contributed by atoms with Gasteiger partial charge in [-0.3, -0.25) is 4.79 Å². The standard InChI is InChI=1S/C23H27N5O3S/c1-16(2)32(30,31)21-11-5-17(6-12-21)13-23(29)26-19-9-7-18(8-10-19)25-22-14-20(28(3)4)15-24-27-22/h5-12,14-16H,13H2,1-4H3,(H,25,27)(H,26,29). The number of rotatable bonds is 8. The summed E-state index contributed by atoms with van der Waals surface area (Å²) in [7, 11) is 0.540. The molecular weight excluding hydrogens is 426 g/mol. The molecule has 168 valence electrons. The van der Waals surface area contributed by atoms with Gasteiger partial charge in [0.05, 0.1) is 28.5 Å². The first-order chi connectivity index (χ1) is 15.1. The Balaban J connectivity index is 1.58. The molecule has 0 bridgehead atoms. The van der Waals surface area contributed by atoms with Crippen molar-refractivity contribution in [1.82, 2.24) is 10.2 Å². The first-order valence-electron chi connectivity index (χ1n) is 10.1. The Hall–Kier alpha value is -3.46. The normalized spacial score (nSPS) is 11.3. The van der Waals surface area contributed by atoms with Gasteiger partial charge in [-0.2, -0.15) is 5.10 Å². The van der Waals surface area contributed by atoms with Gasteiger partial charge in [0.15, 0.2) is 15.7 Å². The molecule has 0 radical (unpaired) electrons. The van der Waals surface area contributed by atoms with Crippen molar-refractivity contribution in [3.8, 4) is 0 Å². The van der Waals surface area contributed by atoms with Gasteiger partial charge in [-0.15, -0.1) is 5.10 Å². The zero-order valence-corrected chi connectivity index (χ0v) is 19.3. The van der Waals surface area contributed by atoms with Gasteiger partial charge in [-0.05, 0) is 55.8 Å². The van der Waals surface area contributed by atoms with Crippen molar-refractivity contribution in [1.29, 1.82) is 0 Å². The maximum atomic E-state index is 12.4. The number of sulfone groups is 1. The number of benzene rings is 2. The van der Waals surface area contributed by atoms with Crippen molar-refractivity contribution in [3.63, 3.8) is 0 Å². The van der Waals surface area contributed by atoms with E-state index in [0.29, 0.717) is 11.5 Å². The molecule has 0 fully saturated rings. The summed E-state index contributed by atoms with van der Waals surface area (Å²) in [5, 5.41) is 13.6. The van der Waals surface area contributed by atoms with Crippen LogP contribution in [0.25, 0.3) is 0 Å². The van der Waals surface area contributed by atoms with Gasteiger partial charge in [-0.1, -0.05) is 12.1 Å². The van der Waals surface area contributed by atoms with Crippen LogP contribution < -0.4 is 15.5 Å². The molecule has 0 atom stereocenters. The molecule has 32 heavy (non-hydrogen) atoms. The average molecular weight is 454 g/mol. The fourth-order valence-corrected chi connectivity index (χ4v) is 3.97. The van der Waals surface area contributed by atoms with Crippen LogP contribution in [0.1, 0.15) is 19.4 Å². The lowest BCUT2D eigenvalue weighted by atomic mass is 10.1. The topological polar surface area (TPSA) is 104 Å². The van der Waals surface area contributed by atoms with Crippen LogP contribution in [-0.4, -0.2) is 43.9 Å². The van der Waals surface area contributed by atoms with Gasteiger partial charge < -0.3 is 15.5 Å². The van der Waals surface area contributed by atoms with Crippen LogP contribution in [0.3, 0.4) is 0 Å². The minimum Gasteiger partial charge on any atom is -0.376 e. The largest absolute Gasteiger partial charge is 0.376 e. The highest BCUT2D eigenvalue weighted by Crippen LogP contribution is 2.21. The maximum Gasteiger partial charge on any atom is 0.228 e. The summed E-state index contributed by atoms with van der Waals surface area (Å²) >= 11 is 0. The van der Waals surface area contributed by atoms with E-state index in [9.17, 15) is 13.2 Å². The first kappa shape index (κ1) is 23.2. The van der Waals surface area contributed by atoms with E-state index in [-0.39, 0.29) is 17.2 Å². The molecule has 8 nitrogen and oxygen atoms in total. The summed E-state index contributed by atoms with van der Waals surface area (Å²) in [6.07, 6.45) is 1.83. The Morgan fingerprint density at radius 1 is 1.00 bits per heavy atom. The second-order valence-corrected chi connectivity index (χ2v) is 10.4. The van der Waals surface area contributed by atoms with Crippen molar-refractivity contribution in [2.75, 3.05) is 29.6 Å². The van der Waals surface area contributed by atoms with Gasteiger partial charge in [0.2, 0.25) is 5.91 Å². The van der Waals surface area contributed by atoms with Gasteiger partial charge >= 0.3 is 0 Å². The van der Waals surface area contributed by atoms with Crippen molar-refractivity contribution < 1.29 is 13.2 Å². The molecule has 3 aromatic rings. The monoisotopic (exact) mass is 453 g/mol. The molecule has 0 spiro atoms. The molecule has 0 aliphatic heterocycles. The molecule has 1 heterocycles. The van der Waals surface area contributed by atoms with E-state index in [4.69, 9.17) is 0 Å². The van der Waals surface area contributed by atoms with Crippen LogP contribution in [0, 0.1) is 0 Å². The lowest BCUT2D eigenvalue weighted by molar-refractivity contribution is -0.115. The van der Waals surface area contributed by atoms with Crippen molar-refractivity contribution in [2.24, 2.45) is 0 Å². The molecular formula is C23H27N5O3S. The molecule has 0 aliphatic carbocycles. The SMILES string of the molecule is CC(C)S(=O)(=O)c1ccc(CC(=O)Nc2ccc(Nc3cc(N(C)C)cnn3)cc2)cc1. The molecule has 2 aromatic carbocycles. The number of carbonyl (C=O) groups excluding carboxylic acids is 1. The fraction of sp³-hybridized carbons (Fsp3) is 0.261. The molecule has 1 aromatic heterocycles. The molecule has 9 heteroatoms. The van der Waals surface area contributed by atoms with E-state index in [1.54, 1.807) is 56.4 Å². The van der Waals surface area contributed by atoms with Gasteiger partial charge in [-0.25, -0.2) is 8.42 Å². The van der Waals surface area contributed by atoms with Crippen LogP contribution in [0.2, 0.25) is 0 Å². The number of hydrogen-bond acceptors (Lipinski definition) is 7. The van der Waals surface area contributed by atoms with Crippen molar-refractivity contribution in [3.05, 3.63) is 66.4 Å². The van der Waals surface area contributed by atoms with E-state index >= 15 is 0 Å². The lowest BCUT2D eigenvalue weighted by Crippen LogP contribution is -2.15. The number of nitrogens with zero attached hydrogens (tertiary/aromatic N) is 3. The quantitative estimate of drug-likeness (QED) is 0.536. The summed E-state index contributed by atoms with van der Waals surface area (Å²) < 4.78 is 24.4. The number of hydrogen-bond donors (Lipinski definition) is 2. The summed E-state index contributed by atoms with van der Waals surface area (Å²) in [4.78, 5) is 14.6. The van der Waals surface area contributed by atoms with Crippen LogP contribution >= 0.6 is 0 Å². The number of nitrogens with one attached hydrogen (secondary N) is 2. The zero-order valence-electron chi connectivity index (χ0n) is 18.5. The fourth-order valence-electron chi connectivity index (χ4n) is 2.91. The summed E-state index contributed by atoms with van der Waals surface area (Å²) in [6.45, 7) is 3.29. The third kappa shape index (κ3) is 5.82. The van der Waals surface area contributed by atoms with Crippen molar-refractivity contribution >= 4 is 38.6 Å². The highest BCUT2D eigenvalue weighted by Gasteiger charge is 2.18. The van der Waals surface area contributed by atoms with E-state index in [1.807, 2.05) is 37.2 Å². The molecule has 0 aliphatic rings. The summed E-state index contributed by atoms with van der Waals surface area (Å²) in [6, 6.07) is 15.6. The predicted octanol–water partition coefficient (Wildman–Crippen LogP) is 3.65. The van der Waals surface area contributed by atoms with Gasteiger partial charge in [0, 0.05) is 31.5 Å². The molecule has 0 unspecified atom stereocenters. The second-order valence-electron chi connectivity index (χ2n) is 7.86. The Kier molecular flexibility index (Phi) is 7.09. The number of aromatic nitrogens is 2. The number of anilines is 4. The minimum absolute atomic E-state index is 0.148. The smallest absolute Gasteiger partial charge is 0.228 e. The number of amides is 1. The number of carbonyl (C=O) groups is 1. The van der Waals surface area contributed by atoms with Gasteiger partial charge in [0.1, 0.15) is 0 Å². The van der Waals surface area contributed by atoms with E-state index in [2.05, 4.69) is 20.8 Å². The molecule has 0 saturated carbocycles. The lowest BCUT2D eigenvalue weighted by Gasteiger charge is -2.13. The Morgan fingerprint density at radius 2 is 1.62 bits per heavy atom. The molecule has 0 saturated heterocycles. The van der Waals surface area contributed by atoms with E-state index in [1.165, 1.54) is 0 Å². The van der Waals surface area contributed by atoms with Gasteiger partial charge in [0.25, 0.3) is 0 Å². The second kappa shape index (κ2) is 9.78. The van der Waals surface area contributed by atoms with Crippen LogP contribution in [-0.2, 0) is 21.1 Å². The Labute approximate surface area is 188 Å². The average Bonchev–Trinajstić information content (AvgIpc) is 2.75.